The molecule has 7 heteroatoms. The molecule has 0 heterocycles. The number of nitrogens with one attached hydrogen (secondary N) is 2. The van der Waals surface area contributed by atoms with E-state index in [-0.39, 0.29) is 21.5 Å². The maximum atomic E-state index is 12.3. The maximum Gasteiger partial charge on any atom is 0.261 e. The number of hydrogen-bond donors (Lipinski definition) is 2. The number of benzene rings is 2. The Balaban J connectivity index is 2.32. The largest absolute Gasteiger partial charge is 0.326 e. The highest BCUT2D eigenvalue weighted by Crippen LogP contribution is 2.28. The van der Waals surface area contributed by atoms with Crippen molar-refractivity contribution in [3.05, 3.63) is 53.1 Å². The molecule has 0 atom stereocenters. The van der Waals surface area contributed by atoms with Gasteiger partial charge in [-0.25, -0.2) is 8.42 Å². The summed E-state index contributed by atoms with van der Waals surface area (Å²) in [5.74, 6) is -0.255. The van der Waals surface area contributed by atoms with Gasteiger partial charge in [0.1, 0.15) is 0 Å². The van der Waals surface area contributed by atoms with Crippen LogP contribution in [0.5, 0.6) is 0 Å². The first kappa shape index (κ1) is 16.3. The zero-order valence-electron chi connectivity index (χ0n) is 12.1. The number of sulfonamides is 1. The second-order valence-corrected chi connectivity index (χ2v) is 6.88. The van der Waals surface area contributed by atoms with Crippen LogP contribution in [0.1, 0.15) is 12.5 Å². The molecular weight excluding hydrogens is 324 g/mol. The summed E-state index contributed by atoms with van der Waals surface area (Å²) in [6.07, 6.45) is 0. The van der Waals surface area contributed by atoms with E-state index in [1.54, 1.807) is 18.2 Å². The van der Waals surface area contributed by atoms with Gasteiger partial charge in [0.15, 0.2) is 0 Å². The lowest BCUT2D eigenvalue weighted by molar-refractivity contribution is -0.114. The molecule has 2 N–H and O–H groups in total. The molecule has 5 nitrogen and oxygen atoms in total. The maximum absolute atomic E-state index is 12.3. The summed E-state index contributed by atoms with van der Waals surface area (Å²) in [6.45, 7) is 3.24. The van der Waals surface area contributed by atoms with Crippen molar-refractivity contribution in [1.82, 2.24) is 0 Å². The molecule has 2 rings (SSSR count). The fraction of sp³-hybridized carbons (Fsp3) is 0.133. The summed E-state index contributed by atoms with van der Waals surface area (Å²) in [7, 11) is -3.74. The standard InChI is InChI=1S/C15H15ClN2O3S/c1-10-3-6-13(7-4-10)22(20,21)18-15-9-12(17-11(2)19)5-8-14(15)16/h3-9,18H,1-2H3,(H,17,19). The van der Waals surface area contributed by atoms with Crippen molar-refractivity contribution in [3.8, 4) is 0 Å². The number of rotatable bonds is 4. The summed E-state index contributed by atoms with van der Waals surface area (Å²) in [5, 5.41) is 2.81. The van der Waals surface area contributed by atoms with Gasteiger partial charge in [-0.1, -0.05) is 29.3 Å². The SMILES string of the molecule is CC(=O)Nc1ccc(Cl)c(NS(=O)(=O)c2ccc(C)cc2)c1. The number of hydrogen-bond acceptors (Lipinski definition) is 3. The number of carbonyl (C=O) groups excluding carboxylic acids is 1. The Bertz CT molecular complexity index is 802. The Labute approximate surface area is 134 Å². The molecule has 116 valence electrons. The Morgan fingerprint density at radius 2 is 1.73 bits per heavy atom. The molecule has 1 amide bonds. The van der Waals surface area contributed by atoms with Crippen LogP contribution in [-0.2, 0) is 14.8 Å². The molecular formula is C15H15ClN2O3S. The van der Waals surface area contributed by atoms with Crippen LogP contribution in [-0.4, -0.2) is 14.3 Å². The summed E-state index contributed by atoms with van der Waals surface area (Å²) < 4.78 is 27.1. The average molecular weight is 339 g/mol. The van der Waals surface area contributed by atoms with Gasteiger partial charge in [-0.2, -0.15) is 0 Å². The van der Waals surface area contributed by atoms with E-state index in [2.05, 4.69) is 10.0 Å². The van der Waals surface area contributed by atoms with Gasteiger partial charge < -0.3 is 5.32 Å². The molecule has 0 spiro atoms. The third kappa shape index (κ3) is 3.99. The lowest BCUT2D eigenvalue weighted by atomic mass is 10.2. The molecule has 0 saturated carbocycles. The number of carbonyl (C=O) groups is 1. The molecule has 0 unspecified atom stereocenters. The van der Waals surface area contributed by atoms with Crippen molar-refractivity contribution < 1.29 is 13.2 Å². The number of aryl methyl sites for hydroxylation is 1. The Morgan fingerprint density at radius 1 is 1.09 bits per heavy atom. The van der Waals surface area contributed by atoms with E-state index in [9.17, 15) is 13.2 Å². The smallest absolute Gasteiger partial charge is 0.261 e. The van der Waals surface area contributed by atoms with Gasteiger partial charge in [-0.05, 0) is 37.3 Å². The lowest BCUT2D eigenvalue weighted by Crippen LogP contribution is -2.14. The van der Waals surface area contributed by atoms with Crippen molar-refractivity contribution in [2.75, 3.05) is 10.0 Å². The van der Waals surface area contributed by atoms with Crippen LogP contribution < -0.4 is 10.0 Å². The molecule has 0 aliphatic carbocycles. The number of anilines is 2. The minimum Gasteiger partial charge on any atom is -0.326 e. The summed E-state index contributed by atoms with van der Waals surface area (Å²) in [4.78, 5) is 11.2. The van der Waals surface area contributed by atoms with Gasteiger partial charge in [-0.15, -0.1) is 0 Å². The predicted octanol–water partition coefficient (Wildman–Crippen LogP) is 3.41. The molecule has 0 aliphatic rings. The molecule has 0 bridgehead atoms. The highest BCUT2D eigenvalue weighted by Gasteiger charge is 2.16. The van der Waals surface area contributed by atoms with Crippen LogP contribution in [0, 0.1) is 6.92 Å². The van der Waals surface area contributed by atoms with Crippen molar-refractivity contribution in [1.29, 1.82) is 0 Å². The fourth-order valence-corrected chi connectivity index (χ4v) is 3.10. The first-order chi connectivity index (χ1) is 10.3. The Kier molecular flexibility index (Phi) is 4.73. The number of halogens is 1. The molecule has 0 saturated heterocycles. The monoisotopic (exact) mass is 338 g/mol. The van der Waals surface area contributed by atoms with Crippen LogP contribution in [0.2, 0.25) is 5.02 Å². The zero-order chi connectivity index (χ0) is 16.3. The van der Waals surface area contributed by atoms with Gasteiger partial charge in [-0.3, -0.25) is 9.52 Å². The van der Waals surface area contributed by atoms with E-state index in [0.717, 1.165) is 5.56 Å². The van der Waals surface area contributed by atoms with E-state index in [0.29, 0.717) is 5.69 Å². The quantitative estimate of drug-likeness (QED) is 0.897. The second kappa shape index (κ2) is 6.37. The van der Waals surface area contributed by atoms with Gasteiger partial charge in [0, 0.05) is 12.6 Å². The summed E-state index contributed by atoms with van der Waals surface area (Å²) in [5.41, 5.74) is 1.62. The van der Waals surface area contributed by atoms with Gasteiger partial charge in [0.2, 0.25) is 5.91 Å². The van der Waals surface area contributed by atoms with Crippen LogP contribution in [0.4, 0.5) is 11.4 Å². The highest BCUT2D eigenvalue weighted by atomic mass is 35.5. The minimum absolute atomic E-state index is 0.138. The zero-order valence-corrected chi connectivity index (χ0v) is 13.6. The first-order valence-electron chi connectivity index (χ1n) is 6.44. The first-order valence-corrected chi connectivity index (χ1v) is 8.31. The topological polar surface area (TPSA) is 75.3 Å². The van der Waals surface area contributed by atoms with E-state index in [1.165, 1.54) is 31.2 Å². The van der Waals surface area contributed by atoms with Gasteiger partial charge in [0.25, 0.3) is 10.0 Å². The third-order valence-electron chi connectivity index (χ3n) is 2.86. The van der Waals surface area contributed by atoms with Crippen LogP contribution in [0.25, 0.3) is 0 Å². The molecule has 0 fully saturated rings. The van der Waals surface area contributed by atoms with E-state index >= 15 is 0 Å². The molecule has 2 aromatic carbocycles. The van der Waals surface area contributed by atoms with Crippen LogP contribution in [0.3, 0.4) is 0 Å². The minimum atomic E-state index is -3.74. The normalized spacial score (nSPS) is 11.0. The van der Waals surface area contributed by atoms with Gasteiger partial charge in [0.05, 0.1) is 15.6 Å². The van der Waals surface area contributed by atoms with E-state index in [4.69, 9.17) is 11.6 Å². The van der Waals surface area contributed by atoms with Crippen molar-refractivity contribution in [2.45, 2.75) is 18.7 Å². The molecule has 0 radical (unpaired) electrons. The molecule has 22 heavy (non-hydrogen) atoms. The Morgan fingerprint density at radius 3 is 2.32 bits per heavy atom. The van der Waals surface area contributed by atoms with Crippen molar-refractivity contribution >= 4 is 38.9 Å². The van der Waals surface area contributed by atoms with Crippen LogP contribution >= 0.6 is 11.6 Å². The van der Waals surface area contributed by atoms with Crippen molar-refractivity contribution in [3.63, 3.8) is 0 Å². The van der Waals surface area contributed by atoms with Gasteiger partial charge >= 0.3 is 0 Å². The summed E-state index contributed by atoms with van der Waals surface area (Å²) >= 11 is 6.01. The highest BCUT2D eigenvalue weighted by molar-refractivity contribution is 7.92. The number of amides is 1. The molecule has 0 aromatic heterocycles. The second-order valence-electron chi connectivity index (χ2n) is 4.79. The predicted molar refractivity (Wildman–Crippen MR) is 87.7 cm³/mol. The van der Waals surface area contributed by atoms with Crippen LogP contribution in [0.15, 0.2) is 47.4 Å². The van der Waals surface area contributed by atoms with Crippen molar-refractivity contribution in [2.24, 2.45) is 0 Å². The lowest BCUT2D eigenvalue weighted by Gasteiger charge is -2.11. The van der Waals surface area contributed by atoms with E-state index < -0.39 is 10.0 Å². The third-order valence-corrected chi connectivity index (χ3v) is 4.57. The average Bonchev–Trinajstić information content (AvgIpc) is 2.42. The summed E-state index contributed by atoms with van der Waals surface area (Å²) in [6, 6.07) is 11.0. The molecule has 2 aromatic rings. The molecule has 0 aliphatic heterocycles. The Hall–Kier alpha value is -2.05. The van der Waals surface area contributed by atoms with E-state index in [1.807, 2.05) is 6.92 Å². The fourth-order valence-electron chi connectivity index (χ4n) is 1.81.